The standard InChI is InChI=1S/C22H23NO5/c1-27-19-10-9-16(12-20(19)28-17-5-3-2-4-6-17)23-13-15-8-7-14(22(25)26)11-18(15)21(23)24/h7-12,17H,2-6,13H2,1H3,(H,25,26). The second kappa shape index (κ2) is 7.54. The van der Waals surface area contributed by atoms with Crippen molar-refractivity contribution in [2.45, 2.75) is 44.8 Å². The summed E-state index contributed by atoms with van der Waals surface area (Å²) < 4.78 is 11.6. The van der Waals surface area contributed by atoms with Gasteiger partial charge < -0.3 is 19.5 Å². The van der Waals surface area contributed by atoms with Crippen molar-refractivity contribution in [1.82, 2.24) is 0 Å². The number of aromatic carboxylic acids is 1. The molecule has 1 N–H and O–H groups in total. The molecule has 2 aliphatic rings. The number of benzene rings is 2. The van der Waals surface area contributed by atoms with E-state index in [-0.39, 0.29) is 17.6 Å². The topological polar surface area (TPSA) is 76.1 Å². The van der Waals surface area contributed by atoms with Gasteiger partial charge in [0.25, 0.3) is 5.91 Å². The van der Waals surface area contributed by atoms with E-state index < -0.39 is 5.97 Å². The minimum absolute atomic E-state index is 0.116. The second-order valence-corrected chi connectivity index (χ2v) is 7.28. The van der Waals surface area contributed by atoms with Crippen LogP contribution in [0.2, 0.25) is 0 Å². The van der Waals surface area contributed by atoms with E-state index in [9.17, 15) is 14.7 Å². The number of nitrogens with zero attached hydrogens (tertiary/aromatic N) is 1. The summed E-state index contributed by atoms with van der Waals surface area (Å²) in [6.45, 7) is 0.406. The van der Waals surface area contributed by atoms with Gasteiger partial charge >= 0.3 is 5.97 Å². The van der Waals surface area contributed by atoms with Gasteiger partial charge in [-0.05, 0) is 55.5 Å². The molecule has 28 heavy (non-hydrogen) atoms. The van der Waals surface area contributed by atoms with E-state index in [2.05, 4.69) is 0 Å². The highest BCUT2D eigenvalue weighted by molar-refractivity contribution is 6.11. The third-order valence-corrected chi connectivity index (χ3v) is 5.47. The molecule has 1 aliphatic carbocycles. The third-order valence-electron chi connectivity index (χ3n) is 5.47. The minimum Gasteiger partial charge on any atom is -0.493 e. The van der Waals surface area contributed by atoms with E-state index >= 15 is 0 Å². The van der Waals surface area contributed by atoms with Crippen molar-refractivity contribution >= 4 is 17.6 Å². The summed E-state index contributed by atoms with van der Waals surface area (Å²) in [6.07, 6.45) is 5.80. The predicted molar refractivity (Wildman–Crippen MR) is 104 cm³/mol. The van der Waals surface area contributed by atoms with Gasteiger partial charge in [0.15, 0.2) is 11.5 Å². The van der Waals surface area contributed by atoms with E-state index in [0.717, 1.165) is 18.4 Å². The Morgan fingerprint density at radius 1 is 1.07 bits per heavy atom. The molecule has 146 valence electrons. The zero-order valence-electron chi connectivity index (χ0n) is 15.8. The molecule has 0 atom stereocenters. The first-order valence-electron chi connectivity index (χ1n) is 9.59. The third kappa shape index (κ3) is 3.42. The van der Waals surface area contributed by atoms with Crippen molar-refractivity contribution in [3.8, 4) is 11.5 Å². The van der Waals surface area contributed by atoms with Gasteiger partial charge in [-0.15, -0.1) is 0 Å². The first-order chi connectivity index (χ1) is 13.6. The molecular formula is C22H23NO5. The van der Waals surface area contributed by atoms with E-state index in [1.165, 1.54) is 31.4 Å². The molecule has 0 spiro atoms. The number of fused-ring (bicyclic) bond motifs is 1. The van der Waals surface area contributed by atoms with Crippen molar-refractivity contribution in [2.75, 3.05) is 12.0 Å². The van der Waals surface area contributed by atoms with Crippen LogP contribution in [0.25, 0.3) is 0 Å². The Labute approximate surface area is 163 Å². The second-order valence-electron chi connectivity index (χ2n) is 7.28. The summed E-state index contributed by atoms with van der Waals surface area (Å²) in [4.78, 5) is 25.7. The fourth-order valence-corrected chi connectivity index (χ4v) is 3.93. The van der Waals surface area contributed by atoms with Gasteiger partial charge in [-0.2, -0.15) is 0 Å². The fraction of sp³-hybridized carbons (Fsp3) is 0.364. The number of rotatable bonds is 5. The Kier molecular flexibility index (Phi) is 4.94. The fourth-order valence-electron chi connectivity index (χ4n) is 3.93. The zero-order chi connectivity index (χ0) is 19.7. The Morgan fingerprint density at radius 2 is 1.86 bits per heavy atom. The van der Waals surface area contributed by atoms with Crippen LogP contribution in [-0.2, 0) is 6.54 Å². The highest BCUT2D eigenvalue weighted by atomic mass is 16.5. The molecular weight excluding hydrogens is 358 g/mol. The molecule has 6 heteroatoms. The van der Waals surface area contributed by atoms with Gasteiger partial charge in [0.1, 0.15) is 0 Å². The largest absolute Gasteiger partial charge is 0.493 e. The van der Waals surface area contributed by atoms with Crippen molar-refractivity contribution in [3.63, 3.8) is 0 Å². The first kappa shape index (κ1) is 18.3. The van der Waals surface area contributed by atoms with Crippen LogP contribution in [0.3, 0.4) is 0 Å². The molecule has 1 heterocycles. The number of anilines is 1. The van der Waals surface area contributed by atoms with Crippen LogP contribution in [-0.4, -0.2) is 30.2 Å². The molecule has 1 aliphatic heterocycles. The first-order valence-corrected chi connectivity index (χ1v) is 9.59. The molecule has 2 aromatic carbocycles. The number of hydrogen-bond donors (Lipinski definition) is 1. The lowest BCUT2D eigenvalue weighted by molar-refractivity contribution is 0.0697. The van der Waals surface area contributed by atoms with Crippen LogP contribution in [0, 0.1) is 0 Å². The van der Waals surface area contributed by atoms with Crippen molar-refractivity contribution < 1.29 is 24.2 Å². The molecule has 1 amide bonds. The summed E-state index contributed by atoms with van der Waals surface area (Å²) in [5.74, 6) is 0.0436. The number of hydrogen-bond acceptors (Lipinski definition) is 4. The average Bonchev–Trinajstić information content (AvgIpc) is 3.05. The van der Waals surface area contributed by atoms with E-state index in [0.29, 0.717) is 29.3 Å². The molecule has 0 unspecified atom stereocenters. The van der Waals surface area contributed by atoms with Crippen LogP contribution in [0.1, 0.15) is 58.4 Å². The number of carboxylic acid groups (broad SMARTS) is 1. The number of amides is 1. The number of carbonyl (C=O) groups is 2. The Morgan fingerprint density at radius 3 is 2.57 bits per heavy atom. The van der Waals surface area contributed by atoms with E-state index in [1.807, 2.05) is 18.2 Å². The van der Waals surface area contributed by atoms with Crippen LogP contribution in [0.4, 0.5) is 5.69 Å². The van der Waals surface area contributed by atoms with Crippen LogP contribution < -0.4 is 14.4 Å². The summed E-state index contributed by atoms with van der Waals surface area (Å²) in [5, 5.41) is 9.18. The van der Waals surface area contributed by atoms with Crippen molar-refractivity contribution in [2.24, 2.45) is 0 Å². The smallest absolute Gasteiger partial charge is 0.335 e. The highest BCUT2D eigenvalue weighted by Gasteiger charge is 2.30. The minimum atomic E-state index is -1.04. The number of methoxy groups -OCH3 is 1. The maximum Gasteiger partial charge on any atom is 0.335 e. The number of ether oxygens (including phenoxy) is 2. The van der Waals surface area contributed by atoms with Gasteiger partial charge in [-0.25, -0.2) is 4.79 Å². The van der Waals surface area contributed by atoms with E-state index in [4.69, 9.17) is 9.47 Å². The average molecular weight is 381 g/mol. The van der Waals surface area contributed by atoms with Crippen LogP contribution in [0.15, 0.2) is 36.4 Å². The van der Waals surface area contributed by atoms with Gasteiger partial charge in [0.05, 0.1) is 25.3 Å². The molecule has 0 radical (unpaired) electrons. The van der Waals surface area contributed by atoms with Crippen LogP contribution >= 0.6 is 0 Å². The van der Waals surface area contributed by atoms with Crippen LogP contribution in [0.5, 0.6) is 11.5 Å². The monoisotopic (exact) mass is 381 g/mol. The Bertz CT molecular complexity index is 917. The summed E-state index contributed by atoms with van der Waals surface area (Å²) in [6, 6.07) is 10.2. The Balaban J connectivity index is 1.61. The predicted octanol–water partition coefficient (Wildman–Crippen LogP) is 4.27. The number of carbonyl (C=O) groups excluding carboxylic acids is 1. The SMILES string of the molecule is COc1ccc(N2Cc3ccc(C(=O)O)cc3C2=O)cc1OC1CCCCC1. The molecule has 1 fully saturated rings. The van der Waals surface area contributed by atoms with Gasteiger partial charge in [0, 0.05) is 17.3 Å². The van der Waals surface area contributed by atoms with E-state index in [1.54, 1.807) is 18.1 Å². The zero-order valence-corrected chi connectivity index (χ0v) is 15.8. The maximum absolute atomic E-state index is 12.9. The Hall–Kier alpha value is -3.02. The quantitative estimate of drug-likeness (QED) is 0.837. The summed E-state index contributed by atoms with van der Waals surface area (Å²) >= 11 is 0. The molecule has 0 bridgehead atoms. The van der Waals surface area contributed by atoms with Crippen molar-refractivity contribution in [3.05, 3.63) is 53.1 Å². The molecule has 2 aromatic rings. The summed E-state index contributed by atoms with van der Waals surface area (Å²) in [7, 11) is 1.60. The molecule has 0 aromatic heterocycles. The highest BCUT2D eigenvalue weighted by Crippen LogP contribution is 2.37. The number of carboxylic acids is 1. The van der Waals surface area contributed by atoms with Gasteiger partial charge in [-0.3, -0.25) is 4.79 Å². The molecule has 0 saturated heterocycles. The molecule has 4 rings (SSSR count). The lowest BCUT2D eigenvalue weighted by Gasteiger charge is -2.25. The van der Waals surface area contributed by atoms with Crippen molar-refractivity contribution in [1.29, 1.82) is 0 Å². The van der Waals surface area contributed by atoms with Gasteiger partial charge in [-0.1, -0.05) is 12.5 Å². The maximum atomic E-state index is 12.9. The lowest BCUT2D eigenvalue weighted by atomic mass is 9.98. The summed E-state index contributed by atoms with van der Waals surface area (Å²) in [5.41, 5.74) is 2.08. The van der Waals surface area contributed by atoms with Gasteiger partial charge in [0.2, 0.25) is 0 Å². The molecule has 1 saturated carbocycles. The molecule has 6 nitrogen and oxygen atoms in total. The lowest BCUT2D eigenvalue weighted by Crippen LogP contribution is -2.24. The normalized spacial score (nSPS) is 16.8.